The van der Waals surface area contributed by atoms with Crippen LogP contribution >= 0.6 is 7.60 Å². The average Bonchev–Trinajstić information content (AvgIpc) is 2.97. The predicted molar refractivity (Wildman–Crippen MR) is 212 cm³/mol. The minimum atomic E-state index is -4.44. The molecule has 1 saturated heterocycles. The first kappa shape index (κ1) is 44.4. The van der Waals surface area contributed by atoms with Crippen LogP contribution in [0.15, 0.2) is 30.3 Å². The zero-order valence-electron chi connectivity index (χ0n) is 33.6. The molecule has 0 unspecified atom stereocenters. The molecule has 0 saturated carbocycles. The Bertz CT molecular complexity index is 1590. The van der Waals surface area contributed by atoms with Gasteiger partial charge in [0, 0.05) is 41.4 Å². The van der Waals surface area contributed by atoms with E-state index in [-0.39, 0.29) is 46.7 Å². The molecule has 1 fully saturated rings. The van der Waals surface area contributed by atoms with Crippen LogP contribution in [0.5, 0.6) is 0 Å². The van der Waals surface area contributed by atoms with Gasteiger partial charge in [0.05, 0.1) is 37.5 Å². The molecule has 9 nitrogen and oxygen atoms in total. The lowest BCUT2D eigenvalue weighted by atomic mass is 9.87. The van der Waals surface area contributed by atoms with Gasteiger partial charge in [-0.1, -0.05) is 113 Å². The molecule has 0 radical (unpaired) electrons. The Morgan fingerprint density at radius 1 is 1.02 bits per heavy atom. The molecule has 0 aliphatic carbocycles. The number of nitrogens with zero attached hydrogens (tertiary/aromatic N) is 1. The zero-order valence-corrected chi connectivity index (χ0v) is 36.5. The smallest absolute Gasteiger partial charge is 0.350 e. The fraction of sp³-hybridized carbons (Fsp3) is 0.641. The van der Waals surface area contributed by atoms with Crippen molar-refractivity contribution < 1.29 is 41.9 Å². The summed E-state index contributed by atoms with van der Waals surface area (Å²) in [6.07, 6.45) is 3.04. The number of benzene rings is 1. The van der Waals surface area contributed by atoms with E-state index in [4.69, 9.17) is 23.3 Å². The number of carbonyl (C=O) groups is 1. The van der Waals surface area contributed by atoms with Gasteiger partial charge in [0.2, 0.25) is 0 Å². The molecule has 1 aliphatic rings. The van der Waals surface area contributed by atoms with Gasteiger partial charge in [-0.25, -0.2) is 4.39 Å². The van der Waals surface area contributed by atoms with Gasteiger partial charge in [0.15, 0.2) is 0 Å². The third-order valence-electron chi connectivity index (χ3n) is 9.24. The molecule has 0 amide bonds. The highest BCUT2D eigenvalue weighted by Gasteiger charge is 2.62. The van der Waals surface area contributed by atoms with E-state index in [0.29, 0.717) is 18.6 Å². The molecule has 1 aromatic heterocycles. The van der Waals surface area contributed by atoms with Gasteiger partial charge < -0.3 is 28.1 Å². The second-order valence-electron chi connectivity index (χ2n) is 18.0. The molecule has 0 spiro atoms. The summed E-state index contributed by atoms with van der Waals surface area (Å²) in [7, 11) is -8.88. The van der Waals surface area contributed by atoms with E-state index in [1.54, 1.807) is 12.1 Å². The quantitative estimate of drug-likeness (QED) is 0.110. The molecular weight excluding hydrogens is 717 g/mol. The summed E-state index contributed by atoms with van der Waals surface area (Å²) in [6.45, 7) is 28.1. The summed E-state index contributed by atoms with van der Waals surface area (Å²) < 4.78 is 51.4. The number of carbonyl (C=O) groups excluding carboxylic acids is 1. The number of hydrogen-bond acceptors (Lipinski definition) is 7. The highest BCUT2D eigenvalue weighted by molar-refractivity contribution is 7.51. The predicted octanol–water partition coefficient (Wildman–Crippen LogP) is 10.3. The molecule has 0 bridgehead atoms. The molecule has 1 aliphatic heterocycles. The summed E-state index contributed by atoms with van der Waals surface area (Å²) in [5.41, 5.74) is 4.52. The Morgan fingerprint density at radius 2 is 1.60 bits per heavy atom. The van der Waals surface area contributed by atoms with Crippen molar-refractivity contribution in [1.29, 1.82) is 0 Å². The van der Waals surface area contributed by atoms with Gasteiger partial charge >= 0.3 is 22.1 Å². The highest BCUT2D eigenvalue weighted by Crippen LogP contribution is 2.55. The lowest BCUT2D eigenvalue weighted by molar-refractivity contribution is -0.146. The Morgan fingerprint density at radius 3 is 2.10 bits per heavy atom. The van der Waals surface area contributed by atoms with Crippen LogP contribution in [-0.2, 0) is 34.3 Å². The van der Waals surface area contributed by atoms with Crippen molar-refractivity contribution in [3.63, 3.8) is 0 Å². The number of halogens is 1. The van der Waals surface area contributed by atoms with Crippen molar-refractivity contribution in [2.75, 3.05) is 13.0 Å². The van der Waals surface area contributed by atoms with Crippen molar-refractivity contribution in [3.05, 3.63) is 58.7 Å². The fourth-order valence-electron chi connectivity index (χ4n) is 6.95. The van der Waals surface area contributed by atoms with E-state index in [0.717, 1.165) is 34.1 Å². The van der Waals surface area contributed by atoms with Gasteiger partial charge in [0.25, 0.3) is 0 Å². The lowest BCUT2D eigenvalue weighted by Crippen LogP contribution is -2.63. The lowest BCUT2D eigenvalue weighted by Gasteiger charge is -2.54. The first-order valence-corrected chi connectivity index (χ1v) is 25.7. The van der Waals surface area contributed by atoms with Crippen molar-refractivity contribution in [2.45, 2.75) is 148 Å². The largest absolute Gasteiger partial charge is 0.466 e. The van der Waals surface area contributed by atoms with Gasteiger partial charge in [-0.3, -0.25) is 14.3 Å². The Labute approximate surface area is 313 Å². The molecule has 2 N–H and O–H groups in total. The van der Waals surface area contributed by atoms with Crippen LogP contribution in [0.3, 0.4) is 0 Å². The first-order chi connectivity index (χ1) is 23.7. The van der Waals surface area contributed by atoms with Gasteiger partial charge in [-0.2, -0.15) is 0 Å². The Hall–Kier alpha value is -2.03. The van der Waals surface area contributed by atoms with Crippen LogP contribution in [0.1, 0.15) is 116 Å². The van der Waals surface area contributed by atoms with Crippen LogP contribution in [0.25, 0.3) is 17.2 Å². The van der Waals surface area contributed by atoms with Crippen molar-refractivity contribution in [1.82, 2.24) is 4.98 Å². The summed E-state index contributed by atoms with van der Waals surface area (Å²) in [5, 5.41) is -0.687. The minimum absolute atomic E-state index is 0.00619. The van der Waals surface area contributed by atoms with Gasteiger partial charge in [0.1, 0.15) is 12.2 Å². The molecule has 3 rings (SSSR count). The van der Waals surface area contributed by atoms with Gasteiger partial charge in [-0.15, -0.1) is 0 Å². The van der Waals surface area contributed by atoms with Crippen molar-refractivity contribution >= 4 is 36.3 Å². The number of pyridine rings is 1. The normalized spacial score (nSPS) is 18.8. The summed E-state index contributed by atoms with van der Waals surface area (Å²) in [5.74, 6) is -0.701. The van der Waals surface area contributed by atoms with E-state index in [1.807, 2.05) is 26.0 Å². The molecule has 13 heteroatoms. The molecule has 2 aromatic rings. The van der Waals surface area contributed by atoms with Crippen LogP contribution in [0.2, 0.25) is 35.8 Å². The zero-order chi connectivity index (χ0) is 39.4. The highest BCUT2D eigenvalue weighted by atomic mass is 31.2. The Kier molecular flexibility index (Phi) is 14.7. The summed E-state index contributed by atoms with van der Waals surface area (Å²) in [4.78, 5) is 37.5. The number of rotatable bonds is 14. The van der Waals surface area contributed by atoms with Crippen LogP contribution in [0, 0.1) is 5.82 Å². The van der Waals surface area contributed by atoms with Crippen molar-refractivity contribution in [2.24, 2.45) is 0 Å². The minimum Gasteiger partial charge on any atom is -0.466 e. The third-order valence-corrected chi connectivity index (χ3v) is 16.7. The number of ether oxygens (including phenoxy) is 2. The number of hydrogen-bond donors (Lipinski definition) is 2. The first-order valence-electron chi connectivity index (χ1n) is 18.4. The number of esters is 1. The third kappa shape index (κ3) is 11.7. The molecule has 2 atom stereocenters. The Balaban J connectivity index is 2.21. The van der Waals surface area contributed by atoms with E-state index in [2.05, 4.69) is 75.0 Å². The van der Waals surface area contributed by atoms with E-state index in [9.17, 15) is 23.5 Å². The summed E-state index contributed by atoms with van der Waals surface area (Å²) in [6, 6.07) is 7.10. The van der Waals surface area contributed by atoms with Crippen LogP contribution < -0.4 is 0 Å². The van der Waals surface area contributed by atoms with E-state index < -0.39 is 42.8 Å². The topological polar surface area (TPSA) is 124 Å². The molecular formula is C39H63FNO8PSi2. The van der Waals surface area contributed by atoms with Crippen LogP contribution in [-0.4, -0.2) is 62.5 Å². The average molecular weight is 780 g/mol. The van der Waals surface area contributed by atoms with E-state index >= 15 is 0 Å². The fourth-order valence-corrected chi connectivity index (χ4v) is 13.0. The second kappa shape index (κ2) is 17.2. The van der Waals surface area contributed by atoms with Crippen LogP contribution in [0.4, 0.5) is 4.39 Å². The standard InChI is InChI=1S/C39H63FNO8PSi2/c1-26(2)36-32(35(28-14-16-29(40)17-15-28)33(37(41-36)27(3)4)24-46-25-50(43,44)45)19-18-30-22-31(23-34(42)47-20-21-51(11,12)13)49-52(48-30,38(5,6)7)39(8,9)10/h14-19,26-27,30-31H,20-25H2,1-13H3,(H2,43,44,45)/t30-,31-/m1/s1. The van der Waals surface area contributed by atoms with Gasteiger partial charge in [-0.05, 0) is 41.1 Å². The maximum atomic E-state index is 14.3. The second-order valence-corrected chi connectivity index (χ2v) is 29.9. The van der Waals surface area contributed by atoms with E-state index in [1.165, 1.54) is 12.1 Å². The molecule has 52 heavy (non-hydrogen) atoms. The molecule has 2 heterocycles. The monoisotopic (exact) mass is 779 g/mol. The maximum absolute atomic E-state index is 14.3. The van der Waals surface area contributed by atoms with Crippen molar-refractivity contribution in [3.8, 4) is 11.1 Å². The SMILES string of the molecule is CC(C)c1nc(C(C)C)c(COCP(=O)(O)O)c(-c2ccc(F)cc2)c1C=C[C@@H]1C[C@H](CC(=O)OCC[Si](C)(C)C)O[Si](C(C)(C)C)(C(C)(C)C)O1. The number of aromatic nitrogens is 1. The molecule has 1 aromatic carbocycles. The maximum Gasteiger partial charge on any atom is 0.350 e. The molecule has 292 valence electrons. The summed E-state index contributed by atoms with van der Waals surface area (Å²) >= 11 is 0.